The van der Waals surface area contributed by atoms with Crippen molar-refractivity contribution in [3.63, 3.8) is 0 Å². The molecule has 15 heavy (non-hydrogen) atoms. The van der Waals surface area contributed by atoms with E-state index in [0.717, 1.165) is 32.6 Å². The third-order valence-electron chi connectivity index (χ3n) is 3.63. The van der Waals surface area contributed by atoms with E-state index in [1.54, 1.807) is 0 Å². The van der Waals surface area contributed by atoms with Crippen LogP contribution in [0.2, 0.25) is 0 Å². The van der Waals surface area contributed by atoms with Crippen molar-refractivity contribution < 1.29 is 9.84 Å². The van der Waals surface area contributed by atoms with Crippen molar-refractivity contribution in [1.29, 1.82) is 0 Å². The first kappa shape index (κ1) is 12.9. The van der Waals surface area contributed by atoms with Gasteiger partial charge in [-0.05, 0) is 32.7 Å². The molecule has 0 spiro atoms. The minimum atomic E-state index is -0.590. The molecule has 1 fully saturated rings. The Balaban J connectivity index is 2.42. The molecule has 90 valence electrons. The molecule has 1 aliphatic rings. The molecule has 3 nitrogen and oxygen atoms in total. The van der Waals surface area contributed by atoms with Crippen molar-refractivity contribution in [2.24, 2.45) is 5.92 Å². The molecule has 1 unspecified atom stereocenters. The first-order valence-corrected chi connectivity index (χ1v) is 5.94. The molecule has 0 aromatic carbocycles. The molecule has 1 rings (SSSR count). The van der Waals surface area contributed by atoms with Crippen LogP contribution < -0.4 is 0 Å². The minimum Gasteiger partial charge on any atom is -0.389 e. The molecular weight excluding hydrogens is 190 g/mol. The van der Waals surface area contributed by atoms with Gasteiger partial charge in [0.2, 0.25) is 0 Å². The van der Waals surface area contributed by atoms with Crippen molar-refractivity contribution >= 4 is 0 Å². The van der Waals surface area contributed by atoms with Gasteiger partial charge in [-0.3, -0.25) is 0 Å². The Hall–Kier alpha value is -0.120. The molecule has 0 aliphatic carbocycles. The summed E-state index contributed by atoms with van der Waals surface area (Å²) in [5.41, 5.74) is -0.590. The third kappa shape index (κ3) is 3.74. The molecule has 0 saturated carbocycles. The predicted molar refractivity (Wildman–Crippen MR) is 61.9 cm³/mol. The summed E-state index contributed by atoms with van der Waals surface area (Å²) in [7, 11) is 2.10. The summed E-state index contributed by atoms with van der Waals surface area (Å²) in [6.45, 7) is 8.52. The van der Waals surface area contributed by atoms with Gasteiger partial charge in [0.05, 0.1) is 5.60 Å². The fourth-order valence-corrected chi connectivity index (χ4v) is 1.94. The number of likely N-dealkylation sites (N-methyl/N-ethyl adjacent to an activating group) is 1. The van der Waals surface area contributed by atoms with E-state index in [4.69, 9.17) is 4.74 Å². The maximum Gasteiger partial charge on any atom is 0.0768 e. The summed E-state index contributed by atoms with van der Waals surface area (Å²) in [5, 5.41) is 10.2. The molecular formula is C12H25NO2. The van der Waals surface area contributed by atoms with Crippen molar-refractivity contribution in [2.75, 3.05) is 26.8 Å². The predicted octanol–water partition coefficient (Wildman–Crippen LogP) is 1.50. The lowest BCUT2D eigenvalue weighted by molar-refractivity contribution is -0.0373. The quantitative estimate of drug-likeness (QED) is 0.771. The summed E-state index contributed by atoms with van der Waals surface area (Å²) in [4.78, 5) is 2.28. The highest BCUT2D eigenvalue weighted by Crippen LogP contribution is 2.20. The van der Waals surface area contributed by atoms with E-state index in [1.165, 1.54) is 0 Å². The zero-order valence-corrected chi connectivity index (χ0v) is 10.5. The van der Waals surface area contributed by atoms with Crippen LogP contribution in [0.5, 0.6) is 0 Å². The normalized spacial score (nSPS) is 23.4. The second kappa shape index (κ2) is 5.28. The van der Waals surface area contributed by atoms with Crippen LogP contribution >= 0.6 is 0 Å². The standard InChI is InChI=1S/C12H25NO2/c1-10(2)12(3,14)9-13(4)11-5-7-15-8-6-11/h10-11,14H,5-9H2,1-4H3. The largest absolute Gasteiger partial charge is 0.389 e. The van der Waals surface area contributed by atoms with E-state index in [2.05, 4.69) is 25.8 Å². The lowest BCUT2D eigenvalue weighted by Crippen LogP contribution is -2.48. The zero-order valence-electron chi connectivity index (χ0n) is 10.5. The van der Waals surface area contributed by atoms with E-state index in [-0.39, 0.29) is 0 Å². The summed E-state index contributed by atoms with van der Waals surface area (Å²) < 4.78 is 5.34. The van der Waals surface area contributed by atoms with Crippen LogP contribution in [0.15, 0.2) is 0 Å². The lowest BCUT2D eigenvalue weighted by atomic mass is 9.91. The summed E-state index contributed by atoms with van der Waals surface area (Å²) >= 11 is 0. The van der Waals surface area contributed by atoms with Gasteiger partial charge in [-0.25, -0.2) is 0 Å². The Labute approximate surface area is 93.4 Å². The Morgan fingerprint density at radius 2 is 1.93 bits per heavy atom. The van der Waals surface area contributed by atoms with Crippen LogP contribution in [0.1, 0.15) is 33.6 Å². The van der Waals surface area contributed by atoms with Crippen molar-refractivity contribution in [3.05, 3.63) is 0 Å². The summed E-state index contributed by atoms with van der Waals surface area (Å²) in [5.74, 6) is 0.291. The number of nitrogens with zero attached hydrogens (tertiary/aromatic N) is 1. The molecule has 1 atom stereocenters. The van der Waals surface area contributed by atoms with Crippen LogP contribution in [0.25, 0.3) is 0 Å². The van der Waals surface area contributed by atoms with Gasteiger partial charge in [-0.2, -0.15) is 0 Å². The molecule has 0 aromatic rings. The monoisotopic (exact) mass is 215 g/mol. The fourth-order valence-electron chi connectivity index (χ4n) is 1.94. The van der Waals surface area contributed by atoms with Crippen LogP contribution in [0, 0.1) is 5.92 Å². The Morgan fingerprint density at radius 3 is 2.40 bits per heavy atom. The molecule has 0 bridgehead atoms. The van der Waals surface area contributed by atoms with E-state index in [1.807, 2.05) is 6.92 Å². The Kier molecular flexibility index (Phi) is 4.56. The third-order valence-corrected chi connectivity index (χ3v) is 3.63. The summed E-state index contributed by atoms with van der Waals surface area (Å²) in [6.07, 6.45) is 2.18. The first-order chi connectivity index (χ1) is 6.93. The average molecular weight is 215 g/mol. The molecule has 0 aromatic heterocycles. The highest BCUT2D eigenvalue weighted by Gasteiger charge is 2.29. The van der Waals surface area contributed by atoms with Crippen LogP contribution in [-0.2, 0) is 4.74 Å². The lowest BCUT2D eigenvalue weighted by Gasteiger charge is -2.38. The molecule has 0 amide bonds. The van der Waals surface area contributed by atoms with Gasteiger partial charge < -0.3 is 14.7 Å². The number of ether oxygens (including phenoxy) is 1. The second-order valence-electron chi connectivity index (χ2n) is 5.27. The Morgan fingerprint density at radius 1 is 1.40 bits per heavy atom. The van der Waals surface area contributed by atoms with Crippen molar-refractivity contribution in [1.82, 2.24) is 4.90 Å². The van der Waals surface area contributed by atoms with Gasteiger partial charge in [-0.1, -0.05) is 13.8 Å². The van der Waals surface area contributed by atoms with Crippen molar-refractivity contribution in [3.8, 4) is 0 Å². The van der Waals surface area contributed by atoms with Gasteiger partial charge >= 0.3 is 0 Å². The maximum atomic E-state index is 10.2. The SMILES string of the molecule is CC(C)C(C)(O)CN(C)C1CCOCC1. The number of hydrogen-bond acceptors (Lipinski definition) is 3. The van der Waals surface area contributed by atoms with Gasteiger partial charge in [0.25, 0.3) is 0 Å². The van der Waals surface area contributed by atoms with E-state index in [0.29, 0.717) is 12.0 Å². The second-order valence-corrected chi connectivity index (χ2v) is 5.27. The topological polar surface area (TPSA) is 32.7 Å². The summed E-state index contributed by atoms with van der Waals surface area (Å²) in [6, 6.07) is 0.573. The van der Waals surface area contributed by atoms with Crippen LogP contribution in [-0.4, -0.2) is 48.5 Å². The maximum absolute atomic E-state index is 10.2. The number of aliphatic hydroxyl groups is 1. The van der Waals surface area contributed by atoms with Gasteiger partial charge in [0.15, 0.2) is 0 Å². The fraction of sp³-hybridized carbons (Fsp3) is 1.00. The van der Waals surface area contributed by atoms with Crippen LogP contribution in [0.4, 0.5) is 0 Å². The molecule has 1 saturated heterocycles. The zero-order chi connectivity index (χ0) is 11.5. The highest BCUT2D eigenvalue weighted by atomic mass is 16.5. The van der Waals surface area contributed by atoms with Gasteiger partial charge in [-0.15, -0.1) is 0 Å². The van der Waals surface area contributed by atoms with E-state index < -0.39 is 5.60 Å². The minimum absolute atomic E-state index is 0.291. The first-order valence-electron chi connectivity index (χ1n) is 5.94. The molecule has 1 N–H and O–H groups in total. The average Bonchev–Trinajstić information content (AvgIpc) is 2.18. The van der Waals surface area contributed by atoms with E-state index in [9.17, 15) is 5.11 Å². The molecule has 3 heteroatoms. The smallest absolute Gasteiger partial charge is 0.0768 e. The molecule has 1 heterocycles. The van der Waals surface area contributed by atoms with Gasteiger partial charge in [0, 0.05) is 25.8 Å². The van der Waals surface area contributed by atoms with E-state index >= 15 is 0 Å². The molecule has 0 radical (unpaired) electrons. The molecule has 1 aliphatic heterocycles. The Bertz CT molecular complexity index is 186. The van der Waals surface area contributed by atoms with Crippen molar-refractivity contribution in [2.45, 2.75) is 45.3 Å². The highest BCUT2D eigenvalue weighted by molar-refractivity contribution is 4.83. The van der Waals surface area contributed by atoms with Crippen LogP contribution in [0.3, 0.4) is 0 Å². The number of hydrogen-bond donors (Lipinski definition) is 1. The number of rotatable bonds is 4. The van der Waals surface area contributed by atoms with Gasteiger partial charge in [0.1, 0.15) is 0 Å².